The highest BCUT2D eigenvalue weighted by Crippen LogP contribution is 2.38. The van der Waals surface area contributed by atoms with Crippen molar-refractivity contribution in [1.29, 1.82) is 0 Å². The number of carbonyl (C=O) groups excluding carboxylic acids is 1. The number of rotatable bonds is 9. The second kappa shape index (κ2) is 9.47. The van der Waals surface area contributed by atoms with Crippen molar-refractivity contribution in [3.8, 4) is 11.5 Å². The average molecular weight is 450 g/mol. The van der Waals surface area contributed by atoms with E-state index in [4.69, 9.17) is 14.2 Å². The highest BCUT2D eigenvalue weighted by atomic mass is 32.2. The van der Waals surface area contributed by atoms with E-state index in [0.717, 1.165) is 17.5 Å². The van der Waals surface area contributed by atoms with Crippen LogP contribution in [-0.2, 0) is 14.8 Å². The maximum atomic E-state index is 13.6. The molecule has 0 aliphatic rings. The SMILES string of the molecule is C=CCN(c1cc(OC)c(OC)cc1C(=O)OC)S(=O)(=O)c1cc([N+](=O)[O-])ccc1C. The molecule has 0 atom stereocenters. The molecule has 0 aromatic heterocycles. The monoisotopic (exact) mass is 450 g/mol. The van der Waals surface area contributed by atoms with Crippen molar-refractivity contribution in [1.82, 2.24) is 0 Å². The van der Waals surface area contributed by atoms with Crippen LogP contribution in [0.15, 0.2) is 47.9 Å². The maximum absolute atomic E-state index is 13.6. The number of benzene rings is 2. The van der Waals surface area contributed by atoms with Crippen molar-refractivity contribution in [2.24, 2.45) is 0 Å². The van der Waals surface area contributed by atoms with Crippen molar-refractivity contribution in [2.45, 2.75) is 11.8 Å². The first-order valence-corrected chi connectivity index (χ1v) is 10.3. The molecule has 0 N–H and O–H groups in total. The summed E-state index contributed by atoms with van der Waals surface area (Å²) in [5.41, 5.74) is -0.257. The molecule has 0 aliphatic carbocycles. The summed E-state index contributed by atoms with van der Waals surface area (Å²) >= 11 is 0. The van der Waals surface area contributed by atoms with Gasteiger partial charge in [0.2, 0.25) is 0 Å². The molecular formula is C20H22N2O8S. The molecule has 0 saturated heterocycles. The minimum absolute atomic E-state index is 0.0599. The molecule has 166 valence electrons. The molecule has 0 aliphatic heterocycles. The summed E-state index contributed by atoms with van der Waals surface area (Å²) in [6, 6.07) is 6.14. The number of carbonyl (C=O) groups is 1. The third kappa shape index (κ3) is 4.61. The van der Waals surface area contributed by atoms with Gasteiger partial charge in [0, 0.05) is 24.3 Å². The largest absolute Gasteiger partial charge is 0.493 e. The number of hydrogen-bond donors (Lipinski definition) is 0. The van der Waals surface area contributed by atoms with Gasteiger partial charge in [-0.05, 0) is 12.5 Å². The Bertz CT molecular complexity index is 1130. The van der Waals surface area contributed by atoms with Gasteiger partial charge in [0.1, 0.15) is 0 Å². The van der Waals surface area contributed by atoms with Crippen LogP contribution in [0.5, 0.6) is 11.5 Å². The normalized spacial score (nSPS) is 10.8. The standard InChI is InChI=1S/C20H22N2O8S/c1-6-9-21(31(26,27)19-10-14(22(24)25)8-7-13(19)2)16-12-18(29-4)17(28-3)11-15(16)20(23)30-5/h6-8,10-12H,1,9H2,2-5H3. The summed E-state index contributed by atoms with van der Waals surface area (Å²) in [6.45, 7) is 4.87. The summed E-state index contributed by atoms with van der Waals surface area (Å²) < 4.78 is 43.3. The van der Waals surface area contributed by atoms with Crippen LogP contribution in [0.1, 0.15) is 15.9 Å². The molecule has 11 heteroatoms. The van der Waals surface area contributed by atoms with Gasteiger partial charge in [0.25, 0.3) is 15.7 Å². The van der Waals surface area contributed by atoms with Crippen molar-refractivity contribution in [3.05, 3.63) is 64.2 Å². The highest BCUT2D eigenvalue weighted by Gasteiger charge is 2.32. The summed E-state index contributed by atoms with van der Waals surface area (Å²) in [4.78, 5) is 22.6. The number of hydrogen-bond acceptors (Lipinski definition) is 8. The Morgan fingerprint density at radius 3 is 2.29 bits per heavy atom. The Hall–Kier alpha value is -3.60. The molecule has 0 bridgehead atoms. The van der Waals surface area contributed by atoms with Gasteiger partial charge >= 0.3 is 5.97 Å². The van der Waals surface area contributed by atoms with E-state index in [9.17, 15) is 23.3 Å². The molecule has 0 saturated carbocycles. The number of aryl methyl sites for hydroxylation is 1. The lowest BCUT2D eigenvalue weighted by molar-refractivity contribution is -0.385. The third-order valence-corrected chi connectivity index (χ3v) is 6.34. The van der Waals surface area contributed by atoms with E-state index in [1.54, 1.807) is 0 Å². The molecular weight excluding hydrogens is 428 g/mol. The van der Waals surface area contributed by atoms with Gasteiger partial charge in [-0.25, -0.2) is 13.2 Å². The van der Waals surface area contributed by atoms with Crippen LogP contribution in [0.2, 0.25) is 0 Å². The molecule has 0 spiro atoms. The summed E-state index contributed by atoms with van der Waals surface area (Å²) in [6.07, 6.45) is 1.32. The lowest BCUT2D eigenvalue weighted by atomic mass is 10.1. The predicted molar refractivity (Wildman–Crippen MR) is 113 cm³/mol. The molecule has 2 rings (SSSR count). The zero-order valence-corrected chi connectivity index (χ0v) is 18.3. The first kappa shape index (κ1) is 23.7. The van der Waals surface area contributed by atoms with Gasteiger partial charge in [0.15, 0.2) is 11.5 Å². The van der Waals surface area contributed by atoms with Crippen LogP contribution in [0.3, 0.4) is 0 Å². The van der Waals surface area contributed by atoms with Gasteiger partial charge < -0.3 is 14.2 Å². The zero-order chi connectivity index (χ0) is 23.3. The summed E-state index contributed by atoms with van der Waals surface area (Å²) in [7, 11) is -0.484. The quantitative estimate of drug-likeness (QED) is 0.247. The van der Waals surface area contributed by atoms with Gasteiger partial charge in [-0.1, -0.05) is 12.1 Å². The van der Waals surface area contributed by atoms with E-state index in [-0.39, 0.29) is 39.9 Å². The summed E-state index contributed by atoms with van der Waals surface area (Å²) in [5, 5.41) is 11.2. The number of non-ortho nitro benzene ring substituents is 1. The molecule has 2 aromatic rings. The smallest absolute Gasteiger partial charge is 0.340 e. The molecule has 0 heterocycles. The van der Waals surface area contributed by atoms with Crippen molar-refractivity contribution >= 4 is 27.4 Å². The Kier molecular flexibility index (Phi) is 7.24. The van der Waals surface area contributed by atoms with E-state index in [0.29, 0.717) is 5.56 Å². The van der Waals surface area contributed by atoms with E-state index in [2.05, 4.69) is 6.58 Å². The second-order valence-corrected chi connectivity index (χ2v) is 8.08. The van der Waals surface area contributed by atoms with Gasteiger partial charge in [-0.2, -0.15) is 0 Å². The van der Waals surface area contributed by atoms with E-state index < -0.39 is 20.9 Å². The van der Waals surface area contributed by atoms with E-state index in [1.165, 1.54) is 51.5 Å². The third-order valence-electron chi connectivity index (χ3n) is 4.42. The Morgan fingerprint density at radius 2 is 1.77 bits per heavy atom. The number of nitro benzene ring substituents is 1. The fourth-order valence-electron chi connectivity index (χ4n) is 2.89. The number of sulfonamides is 1. The fourth-order valence-corrected chi connectivity index (χ4v) is 4.58. The van der Waals surface area contributed by atoms with Crippen LogP contribution in [-0.4, -0.2) is 47.2 Å². The van der Waals surface area contributed by atoms with Gasteiger partial charge in [-0.15, -0.1) is 6.58 Å². The average Bonchev–Trinajstić information content (AvgIpc) is 2.75. The second-order valence-electron chi connectivity index (χ2n) is 6.25. The van der Waals surface area contributed by atoms with Crippen LogP contribution < -0.4 is 13.8 Å². The molecule has 0 fully saturated rings. The molecule has 0 amide bonds. The van der Waals surface area contributed by atoms with Crippen molar-refractivity contribution < 1.29 is 32.3 Å². The number of nitrogens with zero attached hydrogens (tertiary/aromatic N) is 2. The number of ether oxygens (including phenoxy) is 3. The maximum Gasteiger partial charge on any atom is 0.340 e. The molecule has 0 unspecified atom stereocenters. The lowest BCUT2D eigenvalue weighted by Crippen LogP contribution is -2.33. The molecule has 0 radical (unpaired) electrons. The first-order valence-electron chi connectivity index (χ1n) is 8.85. The number of anilines is 1. The van der Waals surface area contributed by atoms with Gasteiger partial charge in [-0.3, -0.25) is 14.4 Å². The highest BCUT2D eigenvalue weighted by molar-refractivity contribution is 7.93. The number of nitro groups is 1. The number of esters is 1. The molecule has 10 nitrogen and oxygen atoms in total. The lowest BCUT2D eigenvalue weighted by Gasteiger charge is -2.26. The zero-order valence-electron chi connectivity index (χ0n) is 17.4. The Labute approximate surface area is 179 Å². The number of methoxy groups -OCH3 is 3. The Morgan fingerprint density at radius 1 is 1.16 bits per heavy atom. The molecule has 2 aromatic carbocycles. The van der Waals surface area contributed by atoms with Gasteiger partial charge in [0.05, 0.1) is 48.9 Å². The minimum atomic E-state index is -4.36. The van der Waals surface area contributed by atoms with Crippen LogP contribution in [0.4, 0.5) is 11.4 Å². The summed E-state index contributed by atoms with van der Waals surface area (Å²) in [5.74, 6) is -0.449. The Balaban J connectivity index is 2.84. The molecule has 31 heavy (non-hydrogen) atoms. The minimum Gasteiger partial charge on any atom is -0.493 e. The first-order chi connectivity index (χ1) is 14.6. The van der Waals surface area contributed by atoms with Crippen molar-refractivity contribution in [2.75, 3.05) is 32.2 Å². The topological polar surface area (TPSA) is 125 Å². The fraction of sp³-hybridized carbons (Fsp3) is 0.250. The predicted octanol–water partition coefficient (Wildman–Crippen LogP) is 3.09. The van der Waals surface area contributed by atoms with Crippen molar-refractivity contribution in [3.63, 3.8) is 0 Å². The van der Waals surface area contributed by atoms with E-state index in [1.807, 2.05) is 0 Å². The van der Waals surface area contributed by atoms with Crippen LogP contribution >= 0.6 is 0 Å². The van der Waals surface area contributed by atoms with Crippen LogP contribution in [0.25, 0.3) is 0 Å². The van der Waals surface area contributed by atoms with E-state index >= 15 is 0 Å². The van der Waals surface area contributed by atoms with Crippen LogP contribution in [0, 0.1) is 17.0 Å².